The second-order valence-electron chi connectivity index (χ2n) is 8.13. The number of amides is 1. The number of nitrogens with zero attached hydrogens (tertiary/aromatic N) is 3. The second kappa shape index (κ2) is 8.79. The summed E-state index contributed by atoms with van der Waals surface area (Å²) in [5, 5.41) is 0. The highest BCUT2D eigenvalue weighted by atomic mass is 32.2. The Bertz CT molecular complexity index is 1480. The number of rotatable bonds is 6. The molecule has 1 aliphatic rings. The molecule has 3 aromatic carbocycles. The predicted octanol–water partition coefficient (Wildman–Crippen LogP) is 3.77. The number of methoxy groups -OCH3 is 1. The highest BCUT2D eigenvalue weighted by Gasteiger charge is 2.32. The molecule has 0 aliphatic carbocycles. The topological polar surface area (TPSA) is 101 Å². The van der Waals surface area contributed by atoms with Crippen LogP contribution in [-0.2, 0) is 23.0 Å². The first-order valence-electron chi connectivity index (χ1n) is 10.7. The molecule has 1 N–H and O–H groups in total. The molecule has 1 amide bonds. The number of anilines is 1. The summed E-state index contributed by atoms with van der Waals surface area (Å²) in [6.07, 6.45) is 0.738. The van der Waals surface area contributed by atoms with Gasteiger partial charge in [-0.3, -0.25) is 4.79 Å². The van der Waals surface area contributed by atoms with Crippen LogP contribution in [0.1, 0.15) is 28.4 Å². The number of aromatic nitrogens is 2. The molecule has 0 saturated heterocycles. The summed E-state index contributed by atoms with van der Waals surface area (Å²) in [4.78, 5) is 15.2. The molecular formula is C24H22N4O4S2. The van der Waals surface area contributed by atoms with Crippen molar-refractivity contribution in [2.45, 2.75) is 30.8 Å². The van der Waals surface area contributed by atoms with Crippen LogP contribution in [0.15, 0.2) is 65.6 Å². The number of carbonyl (C=O) groups excluding carboxylic acids is 1. The summed E-state index contributed by atoms with van der Waals surface area (Å²) in [5.41, 5.74) is 4.09. The van der Waals surface area contributed by atoms with Gasteiger partial charge >= 0.3 is 0 Å². The van der Waals surface area contributed by atoms with E-state index in [-0.39, 0.29) is 23.4 Å². The van der Waals surface area contributed by atoms with E-state index in [2.05, 4.69) is 13.5 Å². The van der Waals surface area contributed by atoms with Crippen molar-refractivity contribution < 1.29 is 17.9 Å². The van der Waals surface area contributed by atoms with E-state index in [9.17, 15) is 13.2 Å². The molecule has 34 heavy (non-hydrogen) atoms. The maximum atomic E-state index is 13.3. The average Bonchev–Trinajstić information content (AvgIpc) is 3.45. The zero-order chi connectivity index (χ0) is 23.9. The summed E-state index contributed by atoms with van der Waals surface area (Å²) in [6.45, 7) is 2.09. The Morgan fingerprint density at radius 3 is 2.71 bits per heavy atom. The Morgan fingerprint density at radius 1 is 1.15 bits per heavy atom. The number of benzene rings is 3. The average molecular weight is 495 g/mol. The van der Waals surface area contributed by atoms with Crippen molar-refractivity contribution in [1.82, 2.24) is 13.5 Å². The third-order valence-electron chi connectivity index (χ3n) is 5.93. The fourth-order valence-corrected chi connectivity index (χ4v) is 5.98. The lowest BCUT2D eigenvalue weighted by Gasteiger charge is -2.23. The number of ether oxygens (including phenoxy) is 1. The third-order valence-corrected chi connectivity index (χ3v) is 7.90. The number of hydrogen-bond donors (Lipinski definition) is 1. The number of sulfonamides is 1. The summed E-state index contributed by atoms with van der Waals surface area (Å²) < 4.78 is 42.0. The van der Waals surface area contributed by atoms with E-state index in [1.54, 1.807) is 48.4 Å². The van der Waals surface area contributed by atoms with Gasteiger partial charge < -0.3 is 9.64 Å². The smallest absolute Gasteiger partial charge is 0.258 e. The molecule has 0 radical (unpaired) electrons. The summed E-state index contributed by atoms with van der Waals surface area (Å²) in [5.74, 6) is 0.583. The molecule has 0 saturated carbocycles. The van der Waals surface area contributed by atoms with E-state index in [0.29, 0.717) is 22.3 Å². The van der Waals surface area contributed by atoms with Gasteiger partial charge in [0.1, 0.15) is 21.7 Å². The van der Waals surface area contributed by atoms with Crippen molar-refractivity contribution in [3.05, 3.63) is 77.4 Å². The van der Waals surface area contributed by atoms with E-state index in [1.807, 2.05) is 25.1 Å². The van der Waals surface area contributed by atoms with Gasteiger partial charge in [0, 0.05) is 23.8 Å². The first-order chi connectivity index (χ1) is 16.4. The van der Waals surface area contributed by atoms with Gasteiger partial charge in [0.05, 0.1) is 18.8 Å². The van der Waals surface area contributed by atoms with Gasteiger partial charge in [0.2, 0.25) is 10.0 Å². The lowest BCUT2D eigenvalue weighted by Crippen LogP contribution is -2.35. The molecule has 1 unspecified atom stereocenters. The standard InChI is InChI=1S/C24H22N4O4S2/c1-15-12-18-7-6-16(13-21(18)28(15)24(29)17-8-10-19(32-2)11-9-17)14-25-34(30,31)22-5-3-4-20-23(22)27-33-26-20/h3-11,13,15,25H,12,14H2,1-2H3. The van der Waals surface area contributed by atoms with Crippen LogP contribution < -0.4 is 14.4 Å². The zero-order valence-electron chi connectivity index (χ0n) is 18.6. The fourth-order valence-electron chi connectivity index (χ4n) is 4.20. The lowest BCUT2D eigenvalue weighted by molar-refractivity contribution is 0.0981. The molecule has 174 valence electrons. The monoisotopic (exact) mass is 494 g/mol. The molecule has 10 heteroatoms. The molecule has 0 fully saturated rings. The Kier molecular flexibility index (Phi) is 5.80. The fraction of sp³-hybridized carbons (Fsp3) is 0.208. The molecule has 1 aliphatic heterocycles. The summed E-state index contributed by atoms with van der Waals surface area (Å²) >= 11 is 0.978. The first kappa shape index (κ1) is 22.5. The van der Waals surface area contributed by atoms with Crippen molar-refractivity contribution in [1.29, 1.82) is 0 Å². The molecule has 2 heterocycles. The van der Waals surface area contributed by atoms with Crippen LogP contribution in [0.5, 0.6) is 5.75 Å². The molecule has 0 spiro atoms. The zero-order valence-corrected chi connectivity index (χ0v) is 20.2. The van der Waals surface area contributed by atoms with E-state index in [0.717, 1.165) is 35.0 Å². The van der Waals surface area contributed by atoms with Gasteiger partial charge in [-0.1, -0.05) is 18.2 Å². The highest BCUT2D eigenvalue weighted by molar-refractivity contribution is 7.89. The minimum Gasteiger partial charge on any atom is -0.497 e. The van der Waals surface area contributed by atoms with E-state index < -0.39 is 10.0 Å². The van der Waals surface area contributed by atoms with Crippen LogP contribution in [0.2, 0.25) is 0 Å². The lowest BCUT2D eigenvalue weighted by atomic mass is 10.1. The SMILES string of the molecule is COc1ccc(C(=O)N2c3cc(CNS(=O)(=O)c4cccc5nsnc45)ccc3CC2C)cc1. The van der Waals surface area contributed by atoms with Crippen LogP contribution in [0.25, 0.3) is 11.0 Å². The minimum absolute atomic E-state index is 0.00804. The van der Waals surface area contributed by atoms with E-state index in [4.69, 9.17) is 4.74 Å². The largest absolute Gasteiger partial charge is 0.497 e. The second-order valence-corrected chi connectivity index (χ2v) is 10.4. The highest BCUT2D eigenvalue weighted by Crippen LogP contribution is 2.34. The molecular weight excluding hydrogens is 472 g/mol. The third kappa shape index (κ3) is 4.04. The maximum absolute atomic E-state index is 13.3. The van der Waals surface area contributed by atoms with Crippen LogP contribution in [0.3, 0.4) is 0 Å². The summed E-state index contributed by atoms with van der Waals surface area (Å²) in [7, 11) is -2.21. The molecule has 0 bridgehead atoms. The maximum Gasteiger partial charge on any atom is 0.258 e. The van der Waals surface area contributed by atoms with Crippen LogP contribution >= 0.6 is 11.7 Å². The minimum atomic E-state index is -3.80. The normalized spacial score (nSPS) is 15.5. The van der Waals surface area contributed by atoms with Gasteiger partial charge in [-0.25, -0.2) is 13.1 Å². The van der Waals surface area contributed by atoms with Crippen LogP contribution in [0, 0.1) is 0 Å². The van der Waals surface area contributed by atoms with Crippen molar-refractivity contribution in [2.75, 3.05) is 12.0 Å². The number of nitrogens with one attached hydrogen (secondary N) is 1. The van der Waals surface area contributed by atoms with Gasteiger partial charge in [-0.15, -0.1) is 0 Å². The van der Waals surface area contributed by atoms with Gasteiger partial charge in [0.15, 0.2) is 0 Å². The van der Waals surface area contributed by atoms with Crippen molar-refractivity contribution in [2.24, 2.45) is 0 Å². The van der Waals surface area contributed by atoms with Gasteiger partial charge in [-0.2, -0.15) is 8.75 Å². The van der Waals surface area contributed by atoms with Crippen LogP contribution in [-0.4, -0.2) is 36.2 Å². The Labute approximate surface area is 201 Å². The quantitative estimate of drug-likeness (QED) is 0.438. The van der Waals surface area contributed by atoms with Crippen molar-refractivity contribution in [3.8, 4) is 5.75 Å². The van der Waals surface area contributed by atoms with Crippen molar-refractivity contribution >= 4 is 44.4 Å². The number of carbonyl (C=O) groups is 1. The van der Waals surface area contributed by atoms with Crippen molar-refractivity contribution in [3.63, 3.8) is 0 Å². The number of fused-ring (bicyclic) bond motifs is 2. The first-order valence-corrected chi connectivity index (χ1v) is 12.9. The Morgan fingerprint density at radius 2 is 1.94 bits per heavy atom. The Hall–Kier alpha value is -3.34. The number of hydrogen-bond acceptors (Lipinski definition) is 7. The molecule has 1 aromatic heterocycles. The van der Waals surface area contributed by atoms with Gasteiger partial charge in [0.25, 0.3) is 5.91 Å². The molecule has 1 atom stereocenters. The predicted molar refractivity (Wildman–Crippen MR) is 131 cm³/mol. The van der Waals surface area contributed by atoms with E-state index >= 15 is 0 Å². The Balaban J connectivity index is 1.39. The van der Waals surface area contributed by atoms with Gasteiger partial charge in [-0.05, 0) is 66.9 Å². The van der Waals surface area contributed by atoms with E-state index in [1.165, 1.54) is 6.07 Å². The molecule has 8 nitrogen and oxygen atoms in total. The van der Waals surface area contributed by atoms with Crippen LogP contribution in [0.4, 0.5) is 5.69 Å². The molecule has 5 rings (SSSR count). The molecule has 4 aromatic rings. The summed E-state index contributed by atoms with van der Waals surface area (Å²) in [6, 6.07) is 17.6.